The van der Waals surface area contributed by atoms with Crippen LogP contribution < -0.4 is 0 Å². The predicted molar refractivity (Wildman–Crippen MR) is 54.6 cm³/mol. The molecule has 0 saturated heterocycles. The summed E-state index contributed by atoms with van der Waals surface area (Å²) in [5.41, 5.74) is 1.27. The summed E-state index contributed by atoms with van der Waals surface area (Å²) in [6, 6.07) is 8.07. The Kier molecular flexibility index (Phi) is 3.61. The monoisotopic (exact) mass is 182 g/mol. The van der Waals surface area contributed by atoms with Crippen LogP contribution in [0.4, 0.5) is 0 Å². The van der Waals surface area contributed by atoms with Gasteiger partial charge in [-0.3, -0.25) is 0 Å². The van der Waals surface area contributed by atoms with E-state index in [9.17, 15) is 0 Å². The number of aryl methyl sites for hydroxylation is 1. The van der Waals surface area contributed by atoms with Gasteiger partial charge in [0.15, 0.2) is 0 Å². The zero-order valence-electron chi connectivity index (χ0n) is 7.68. The molecule has 0 heterocycles. The van der Waals surface area contributed by atoms with Crippen molar-refractivity contribution >= 4 is 11.6 Å². The van der Waals surface area contributed by atoms with Gasteiger partial charge in [0.25, 0.3) is 0 Å². The van der Waals surface area contributed by atoms with Crippen LogP contribution in [0.15, 0.2) is 24.3 Å². The van der Waals surface area contributed by atoms with Gasteiger partial charge >= 0.3 is 0 Å². The van der Waals surface area contributed by atoms with Gasteiger partial charge < -0.3 is 0 Å². The van der Waals surface area contributed by atoms with Crippen LogP contribution in [0.5, 0.6) is 0 Å². The Labute approximate surface area is 79.6 Å². The summed E-state index contributed by atoms with van der Waals surface area (Å²) >= 11 is 6.01. The Morgan fingerprint density at radius 2 is 1.92 bits per heavy atom. The largest absolute Gasteiger partial charge is 0.0840 e. The highest BCUT2D eigenvalue weighted by Crippen LogP contribution is 2.18. The van der Waals surface area contributed by atoms with E-state index in [2.05, 4.69) is 19.9 Å². The van der Waals surface area contributed by atoms with Gasteiger partial charge in [-0.1, -0.05) is 43.6 Å². The normalized spacial score (nSPS) is 10.7. The molecule has 0 aromatic heterocycles. The number of hydrogen-bond donors (Lipinski definition) is 0. The Hall–Kier alpha value is -0.490. The van der Waals surface area contributed by atoms with E-state index in [0.717, 1.165) is 17.4 Å². The summed E-state index contributed by atoms with van der Waals surface area (Å²) in [6.45, 7) is 4.47. The number of benzene rings is 1. The molecular weight excluding hydrogens is 168 g/mol. The molecular formula is C11H15Cl. The second-order valence-corrected chi connectivity index (χ2v) is 3.93. The number of halogens is 1. The van der Waals surface area contributed by atoms with Gasteiger partial charge in [-0.2, -0.15) is 0 Å². The first-order chi connectivity index (χ1) is 5.70. The molecule has 0 amide bonds. The number of rotatable bonds is 3. The van der Waals surface area contributed by atoms with Gasteiger partial charge in [0.1, 0.15) is 0 Å². The molecule has 0 nitrogen and oxygen atoms in total. The van der Waals surface area contributed by atoms with Crippen molar-refractivity contribution in [2.75, 3.05) is 0 Å². The Morgan fingerprint density at radius 3 is 2.50 bits per heavy atom. The molecule has 1 aromatic carbocycles. The maximum atomic E-state index is 6.01. The molecule has 0 atom stereocenters. The first-order valence-corrected chi connectivity index (χ1v) is 4.81. The second kappa shape index (κ2) is 4.51. The SMILES string of the molecule is CC(C)CCc1ccccc1Cl. The minimum atomic E-state index is 0.751. The van der Waals surface area contributed by atoms with E-state index < -0.39 is 0 Å². The first-order valence-electron chi connectivity index (χ1n) is 4.43. The molecule has 0 spiro atoms. The molecule has 0 aliphatic carbocycles. The van der Waals surface area contributed by atoms with E-state index in [1.54, 1.807) is 0 Å². The minimum Gasteiger partial charge on any atom is -0.0840 e. The van der Waals surface area contributed by atoms with Crippen molar-refractivity contribution in [1.82, 2.24) is 0 Å². The molecule has 0 N–H and O–H groups in total. The van der Waals surface area contributed by atoms with Crippen LogP contribution >= 0.6 is 11.6 Å². The fourth-order valence-corrected chi connectivity index (χ4v) is 1.38. The van der Waals surface area contributed by atoms with E-state index >= 15 is 0 Å². The van der Waals surface area contributed by atoms with Crippen LogP contribution in [0.1, 0.15) is 25.8 Å². The average Bonchev–Trinajstić information content (AvgIpc) is 2.03. The zero-order chi connectivity index (χ0) is 8.97. The van der Waals surface area contributed by atoms with Gasteiger partial charge in [0.2, 0.25) is 0 Å². The molecule has 1 heteroatoms. The third-order valence-electron chi connectivity index (χ3n) is 1.95. The summed E-state index contributed by atoms with van der Waals surface area (Å²) in [6.07, 6.45) is 2.31. The van der Waals surface area contributed by atoms with Gasteiger partial charge in [0.05, 0.1) is 0 Å². The third-order valence-corrected chi connectivity index (χ3v) is 2.32. The minimum absolute atomic E-state index is 0.751. The molecule has 0 saturated carbocycles. The molecule has 66 valence electrons. The van der Waals surface area contributed by atoms with E-state index in [-0.39, 0.29) is 0 Å². The molecule has 1 aromatic rings. The smallest absolute Gasteiger partial charge is 0.0437 e. The summed E-state index contributed by atoms with van der Waals surface area (Å²) < 4.78 is 0. The summed E-state index contributed by atoms with van der Waals surface area (Å²) in [5, 5.41) is 0.901. The topological polar surface area (TPSA) is 0 Å². The molecule has 12 heavy (non-hydrogen) atoms. The van der Waals surface area contributed by atoms with Gasteiger partial charge in [-0.25, -0.2) is 0 Å². The molecule has 0 radical (unpaired) electrons. The Balaban J connectivity index is 2.57. The first kappa shape index (κ1) is 9.60. The second-order valence-electron chi connectivity index (χ2n) is 3.52. The lowest BCUT2D eigenvalue weighted by atomic mass is 10.0. The quantitative estimate of drug-likeness (QED) is 0.665. The number of hydrogen-bond acceptors (Lipinski definition) is 0. The fraction of sp³-hybridized carbons (Fsp3) is 0.455. The Morgan fingerprint density at radius 1 is 1.25 bits per heavy atom. The summed E-state index contributed by atoms with van der Waals surface area (Å²) in [5.74, 6) is 0.751. The van der Waals surface area contributed by atoms with Gasteiger partial charge in [-0.15, -0.1) is 0 Å². The maximum absolute atomic E-state index is 6.01. The van der Waals surface area contributed by atoms with E-state index in [1.807, 2.05) is 18.2 Å². The van der Waals surface area contributed by atoms with E-state index in [1.165, 1.54) is 12.0 Å². The van der Waals surface area contributed by atoms with Crippen molar-refractivity contribution < 1.29 is 0 Å². The lowest BCUT2D eigenvalue weighted by molar-refractivity contribution is 0.587. The zero-order valence-corrected chi connectivity index (χ0v) is 8.43. The molecule has 0 bridgehead atoms. The molecule has 0 unspecified atom stereocenters. The predicted octanol–water partition coefficient (Wildman–Crippen LogP) is 3.93. The van der Waals surface area contributed by atoms with Crippen molar-refractivity contribution in [1.29, 1.82) is 0 Å². The summed E-state index contributed by atoms with van der Waals surface area (Å²) in [7, 11) is 0. The van der Waals surface area contributed by atoms with Crippen LogP contribution in [0.3, 0.4) is 0 Å². The standard InChI is InChI=1S/C11H15Cl/c1-9(2)7-8-10-5-3-4-6-11(10)12/h3-6,9H,7-8H2,1-2H3. The van der Waals surface area contributed by atoms with Crippen molar-refractivity contribution in [3.8, 4) is 0 Å². The lowest BCUT2D eigenvalue weighted by Crippen LogP contribution is -1.92. The molecule has 0 aliphatic heterocycles. The molecule has 1 rings (SSSR count). The van der Waals surface area contributed by atoms with Crippen LogP contribution in [0.2, 0.25) is 5.02 Å². The van der Waals surface area contributed by atoms with Crippen LogP contribution in [0, 0.1) is 5.92 Å². The average molecular weight is 183 g/mol. The van der Waals surface area contributed by atoms with Crippen LogP contribution in [0.25, 0.3) is 0 Å². The summed E-state index contributed by atoms with van der Waals surface area (Å²) in [4.78, 5) is 0. The molecule has 0 aliphatic rings. The highest BCUT2D eigenvalue weighted by molar-refractivity contribution is 6.31. The lowest BCUT2D eigenvalue weighted by Gasteiger charge is -2.05. The van der Waals surface area contributed by atoms with Crippen molar-refractivity contribution in [3.05, 3.63) is 34.9 Å². The third kappa shape index (κ3) is 2.86. The Bertz CT molecular complexity index is 241. The fourth-order valence-electron chi connectivity index (χ4n) is 1.15. The van der Waals surface area contributed by atoms with E-state index in [4.69, 9.17) is 11.6 Å². The van der Waals surface area contributed by atoms with Gasteiger partial charge in [0, 0.05) is 5.02 Å². The molecule has 0 fully saturated rings. The van der Waals surface area contributed by atoms with Crippen molar-refractivity contribution in [2.45, 2.75) is 26.7 Å². The van der Waals surface area contributed by atoms with Crippen molar-refractivity contribution in [2.24, 2.45) is 5.92 Å². The maximum Gasteiger partial charge on any atom is 0.0437 e. The highest BCUT2D eigenvalue weighted by Gasteiger charge is 1.99. The van der Waals surface area contributed by atoms with Crippen LogP contribution in [-0.4, -0.2) is 0 Å². The highest BCUT2D eigenvalue weighted by atomic mass is 35.5. The van der Waals surface area contributed by atoms with Crippen LogP contribution in [-0.2, 0) is 6.42 Å². The van der Waals surface area contributed by atoms with Gasteiger partial charge in [-0.05, 0) is 30.4 Å². The van der Waals surface area contributed by atoms with Crippen molar-refractivity contribution in [3.63, 3.8) is 0 Å². The van der Waals surface area contributed by atoms with E-state index in [0.29, 0.717) is 0 Å².